The zero-order valence-electron chi connectivity index (χ0n) is 16.1. The second-order valence-electron chi connectivity index (χ2n) is 6.71. The summed E-state index contributed by atoms with van der Waals surface area (Å²) in [6, 6.07) is 5.80. The number of alkyl halides is 2. The van der Waals surface area contributed by atoms with E-state index in [4.69, 9.17) is 0 Å². The number of benzene rings is 1. The number of hydrogen-bond donors (Lipinski definition) is 2. The molecular formula is C19H28F2N4O3. The Morgan fingerprint density at radius 3 is 2.14 bits per heavy atom. The zero-order chi connectivity index (χ0) is 20.4. The lowest BCUT2D eigenvalue weighted by atomic mass is 10.2. The van der Waals surface area contributed by atoms with Crippen LogP contribution in [0.3, 0.4) is 0 Å². The molecule has 1 fully saturated rings. The molecule has 9 heteroatoms. The normalized spacial score (nSPS) is 15.4. The lowest BCUT2D eigenvalue weighted by Crippen LogP contribution is -2.51. The summed E-state index contributed by atoms with van der Waals surface area (Å²) < 4.78 is 28.5. The Hall–Kier alpha value is -2.26. The van der Waals surface area contributed by atoms with Crippen LogP contribution in [0.1, 0.15) is 19.8 Å². The molecule has 1 heterocycles. The van der Waals surface area contributed by atoms with Crippen LogP contribution in [0.2, 0.25) is 0 Å². The van der Waals surface area contributed by atoms with E-state index in [9.17, 15) is 18.4 Å². The van der Waals surface area contributed by atoms with Gasteiger partial charge in [0.05, 0.1) is 13.1 Å². The number of halogens is 2. The Morgan fingerprint density at radius 1 is 1.04 bits per heavy atom. The minimum absolute atomic E-state index is 0.0407. The lowest BCUT2D eigenvalue weighted by molar-refractivity contribution is -0.123. The molecule has 1 aromatic rings. The van der Waals surface area contributed by atoms with Crippen molar-refractivity contribution < 1.29 is 23.1 Å². The highest BCUT2D eigenvalue weighted by atomic mass is 19.3. The molecule has 0 spiro atoms. The van der Waals surface area contributed by atoms with Gasteiger partial charge in [0.15, 0.2) is 0 Å². The van der Waals surface area contributed by atoms with Crippen molar-refractivity contribution in [3.8, 4) is 5.75 Å². The molecule has 0 aromatic heterocycles. The number of amides is 2. The van der Waals surface area contributed by atoms with Gasteiger partial charge in [0.1, 0.15) is 5.75 Å². The molecule has 0 atom stereocenters. The van der Waals surface area contributed by atoms with Crippen LogP contribution < -0.4 is 15.4 Å². The first-order valence-electron chi connectivity index (χ1n) is 9.52. The largest absolute Gasteiger partial charge is 0.435 e. The van der Waals surface area contributed by atoms with Gasteiger partial charge in [-0.1, -0.05) is 13.3 Å². The number of anilines is 1. The van der Waals surface area contributed by atoms with Gasteiger partial charge in [-0.2, -0.15) is 8.78 Å². The first-order valence-corrected chi connectivity index (χ1v) is 9.52. The highest BCUT2D eigenvalue weighted by molar-refractivity contribution is 5.92. The molecule has 0 aliphatic carbocycles. The van der Waals surface area contributed by atoms with Crippen molar-refractivity contribution in [1.82, 2.24) is 15.1 Å². The summed E-state index contributed by atoms with van der Waals surface area (Å²) in [5, 5.41) is 5.65. The van der Waals surface area contributed by atoms with Crippen molar-refractivity contribution in [3.63, 3.8) is 0 Å². The second-order valence-corrected chi connectivity index (χ2v) is 6.71. The molecule has 2 rings (SSSR count). The van der Waals surface area contributed by atoms with Crippen LogP contribution in [0.5, 0.6) is 5.75 Å². The van der Waals surface area contributed by atoms with Crippen LogP contribution >= 0.6 is 0 Å². The maximum absolute atomic E-state index is 12.2. The number of nitrogens with one attached hydrogen (secondary N) is 2. The molecule has 7 nitrogen and oxygen atoms in total. The van der Waals surface area contributed by atoms with Crippen molar-refractivity contribution in [2.45, 2.75) is 26.4 Å². The Labute approximate surface area is 164 Å². The Bertz CT molecular complexity index is 620. The van der Waals surface area contributed by atoms with E-state index in [-0.39, 0.29) is 24.1 Å². The van der Waals surface area contributed by atoms with Crippen molar-refractivity contribution in [2.24, 2.45) is 0 Å². The quantitative estimate of drug-likeness (QED) is 0.588. The van der Waals surface area contributed by atoms with Gasteiger partial charge in [0, 0.05) is 38.4 Å². The maximum Gasteiger partial charge on any atom is 0.387 e. The number of carbonyl (C=O) groups is 2. The summed E-state index contributed by atoms with van der Waals surface area (Å²) in [5.41, 5.74) is 0.522. The average molecular weight is 398 g/mol. The Balaban J connectivity index is 1.66. The van der Waals surface area contributed by atoms with E-state index in [1.54, 1.807) is 0 Å². The van der Waals surface area contributed by atoms with Crippen LogP contribution in [0.4, 0.5) is 14.5 Å². The summed E-state index contributed by atoms with van der Waals surface area (Å²) in [7, 11) is 0. The highest BCUT2D eigenvalue weighted by Gasteiger charge is 2.20. The SMILES string of the molecule is CCCCNC(=O)CN1CCN(CC(=O)Nc2ccc(OC(F)F)cc2)CC1. The van der Waals surface area contributed by atoms with Crippen molar-refractivity contribution >= 4 is 17.5 Å². The molecule has 1 saturated heterocycles. The van der Waals surface area contributed by atoms with Gasteiger partial charge in [-0.05, 0) is 30.7 Å². The van der Waals surface area contributed by atoms with Gasteiger partial charge in [0.2, 0.25) is 11.8 Å². The van der Waals surface area contributed by atoms with Gasteiger partial charge < -0.3 is 15.4 Å². The number of hydrogen-bond acceptors (Lipinski definition) is 5. The molecule has 1 aliphatic heterocycles. The predicted octanol–water partition coefficient (Wildman–Crippen LogP) is 1.76. The summed E-state index contributed by atoms with van der Waals surface area (Å²) in [5.74, 6) is -0.0879. The van der Waals surface area contributed by atoms with Crippen molar-refractivity contribution in [1.29, 1.82) is 0 Å². The van der Waals surface area contributed by atoms with Crippen molar-refractivity contribution in [2.75, 3.05) is 51.1 Å². The molecular weight excluding hydrogens is 370 g/mol. The minimum atomic E-state index is -2.87. The van der Waals surface area contributed by atoms with Crippen LogP contribution in [0, 0.1) is 0 Å². The third-order valence-electron chi connectivity index (χ3n) is 4.42. The molecule has 0 bridgehead atoms. The van der Waals surface area contributed by atoms with Gasteiger partial charge in [-0.15, -0.1) is 0 Å². The molecule has 156 valence electrons. The van der Waals surface area contributed by atoms with Crippen LogP contribution in [-0.2, 0) is 9.59 Å². The third kappa shape index (κ3) is 8.18. The molecule has 1 aliphatic rings. The monoisotopic (exact) mass is 398 g/mol. The summed E-state index contributed by atoms with van der Waals surface area (Å²) in [6.45, 7) is 3.42. The molecule has 0 radical (unpaired) electrons. The smallest absolute Gasteiger partial charge is 0.387 e. The maximum atomic E-state index is 12.2. The molecule has 0 saturated carbocycles. The number of piperazine rings is 1. The first kappa shape index (κ1) is 22.0. The summed E-state index contributed by atoms with van der Waals surface area (Å²) in [4.78, 5) is 28.1. The van der Waals surface area contributed by atoms with E-state index in [1.165, 1.54) is 24.3 Å². The number of unbranched alkanes of at least 4 members (excludes halogenated alkanes) is 1. The zero-order valence-corrected chi connectivity index (χ0v) is 16.1. The average Bonchev–Trinajstić information content (AvgIpc) is 2.65. The fraction of sp³-hybridized carbons (Fsp3) is 0.579. The number of nitrogens with zero attached hydrogens (tertiary/aromatic N) is 2. The lowest BCUT2D eigenvalue weighted by Gasteiger charge is -2.33. The van der Waals surface area contributed by atoms with Gasteiger partial charge in [0.25, 0.3) is 0 Å². The molecule has 2 amide bonds. The van der Waals surface area contributed by atoms with E-state index in [0.29, 0.717) is 31.9 Å². The van der Waals surface area contributed by atoms with Gasteiger partial charge in [-0.3, -0.25) is 19.4 Å². The van der Waals surface area contributed by atoms with Gasteiger partial charge >= 0.3 is 6.61 Å². The third-order valence-corrected chi connectivity index (χ3v) is 4.42. The van der Waals surface area contributed by atoms with Crippen LogP contribution in [0.25, 0.3) is 0 Å². The molecule has 1 aromatic carbocycles. The number of carbonyl (C=O) groups excluding carboxylic acids is 2. The van der Waals surface area contributed by atoms with Crippen LogP contribution in [0.15, 0.2) is 24.3 Å². The topological polar surface area (TPSA) is 73.9 Å². The summed E-state index contributed by atoms with van der Waals surface area (Å²) >= 11 is 0. The predicted molar refractivity (Wildman–Crippen MR) is 103 cm³/mol. The summed E-state index contributed by atoms with van der Waals surface area (Å²) in [6.07, 6.45) is 2.03. The molecule has 28 heavy (non-hydrogen) atoms. The fourth-order valence-corrected chi connectivity index (χ4v) is 2.89. The Morgan fingerprint density at radius 2 is 1.61 bits per heavy atom. The first-order chi connectivity index (χ1) is 13.5. The highest BCUT2D eigenvalue weighted by Crippen LogP contribution is 2.17. The molecule has 0 unspecified atom stereocenters. The van der Waals surface area contributed by atoms with E-state index in [0.717, 1.165) is 25.9 Å². The van der Waals surface area contributed by atoms with E-state index in [1.807, 2.05) is 4.90 Å². The van der Waals surface area contributed by atoms with E-state index in [2.05, 4.69) is 27.2 Å². The number of rotatable bonds is 10. The fourth-order valence-electron chi connectivity index (χ4n) is 2.89. The molecule has 2 N–H and O–H groups in total. The standard InChI is InChI=1S/C19H28F2N4O3/c1-2-3-8-22-17(26)13-24-9-11-25(12-10-24)14-18(27)23-15-4-6-16(7-5-15)28-19(20)21/h4-7,19H,2-3,8-14H2,1H3,(H,22,26)(H,23,27). The Kier molecular flexibility index (Phi) is 9.09. The van der Waals surface area contributed by atoms with E-state index >= 15 is 0 Å². The van der Waals surface area contributed by atoms with Gasteiger partial charge in [-0.25, -0.2) is 0 Å². The van der Waals surface area contributed by atoms with Crippen LogP contribution in [-0.4, -0.2) is 74.0 Å². The van der Waals surface area contributed by atoms with Crippen molar-refractivity contribution in [3.05, 3.63) is 24.3 Å². The second kappa shape index (κ2) is 11.6. The number of ether oxygens (including phenoxy) is 1. The van der Waals surface area contributed by atoms with E-state index < -0.39 is 6.61 Å². The minimum Gasteiger partial charge on any atom is -0.435 e.